The summed E-state index contributed by atoms with van der Waals surface area (Å²) in [6.45, 7) is 3.68. The number of halogens is 3. The van der Waals surface area contributed by atoms with Gasteiger partial charge in [0.25, 0.3) is 5.91 Å². The van der Waals surface area contributed by atoms with E-state index in [9.17, 15) is 22.8 Å². The summed E-state index contributed by atoms with van der Waals surface area (Å²) in [5.41, 5.74) is 0.828. The average Bonchev–Trinajstić information content (AvgIpc) is 3.03. The minimum Gasteiger partial charge on any atom is -0.463 e. The topological polar surface area (TPSA) is 68.3 Å². The van der Waals surface area contributed by atoms with Crippen LogP contribution in [0.1, 0.15) is 33.4 Å². The van der Waals surface area contributed by atoms with E-state index in [0.29, 0.717) is 28.1 Å². The number of aromatic nitrogens is 1. The predicted octanol–water partition coefficient (Wildman–Crippen LogP) is 5.45. The van der Waals surface area contributed by atoms with Gasteiger partial charge in [-0.05, 0) is 55.3 Å². The first-order valence-electron chi connectivity index (χ1n) is 8.92. The number of nitrogens with one attached hydrogen (secondary N) is 1. The number of hydrogen-bond donors (Lipinski definition) is 1. The molecule has 0 atom stereocenters. The standard InChI is InChI=1S/C21H17F3N2O3S/c1-3-29-17(27)11-6-13-4-7-14(8-5-13)25-19(28)18-12(2)15-9-10-16(21(22,23)24)26-20(15)30-18/h4-11H,3H2,1-2H3,(H,25,28). The molecule has 30 heavy (non-hydrogen) atoms. The third-order valence-electron chi connectivity index (χ3n) is 4.17. The van der Waals surface area contributed by atoms with Gasteiger partial charge in [-0.15, -0.1) is 11.3 Å². The summed E-state index contributed by atoms with van der Waals surface area (Å²) in [5, 5.41) is 3.23. The van der Waals surface area contributed by atoms with Crippen molar-refractivity contribution >= 4 is 45.2 Å². The summed E-state index contributed by atoms with van der Waals surface area (Å²) in [5.74, 6) is -0.878. The van der Waals surface area contributed by atoms with E-state index in [1.807, 2.05) is 0 Å². The summed E-state index contributed by atoms with van der Waals surface area (Å²) in [6, 6.07) is 8.97. The first kappa shape index (κ1) is 21.5. The van der Waals surface area contributed by atoms with E-state index in [2.05, 4.69) is 10.3 Å². The number of nitrogens with zero attached hydrogens (tertiary/aromatic N) is 1. The van der Waals surface area contributed by atoms with Crippen molar-refractivity contribution in [2.45, 2.75) is 20.0 Å². The molecule has 0 aliphatic heterocycles. The van der Waals surface area contributed by atoms with E-state index in [-0.39, 0.29) is 4.83 Å². The molecule has 0 aliphatic carbocycles. The maximum atomic E-state index is 12.9. The highest BCUT2D eigenvalue weighted by Gasteiger charge is 2.33. The molecule has 0 aliphatic rings. The summed E-state index contributed by atoms with van der Waals surface area (Å²) in [4.78, 5) is 28.1. The number of alkyl halides is 3. The Morgan fingerprint density at radius 2 is 1.87 bits per heavy atom. The lowest BCUT2D eigenvalue weighted by Crippen LogP contribution is -2.11. The van der Waals surface area contributed by atoms with Crippen LogP contribution in [0.2, 0.25) is 0 Å². The molecule has 1 amide bonds. The number of esters is 1. The molecule has 5 nitrogen and oxygen atoms in total. The molecule has 0 spiro atoms. The van der Waals surface area contributed by atoms with Crippen LogP contribution in [0.15, 0.2) is 42.5 Å². The van der Waals surface area contributed by atoms with Crippen molar-refractivity contribution in [2.75, 3.05) is 11.9 Å². The second kappa shape index (κ2) is 8.66. The zero-order valence-corrected chi connectivity index (χ0v) is 16.9. The highest BCUT2D eigenvalue weighted by atomic mass is 32.1. The van der Waals surface area contributed by atoms with Crippen LogP contribution in [0.5, 0.6) is 0 Å². The fraction of sp³-hybridized carbons (Fsp3) is 0.190. The number of fused-ring (bicyclic) bond motifs is 1. The van der Waals surface area contributed by atoms with Crippen LogP contribution in [0.3, 0.4) is 0 Å². The van der Waals surface area contributed by atoms with Gasteiger partial charge in [0.15, 0.2) is 0 Å². The fourth-order valence-electron chi connectivity index (χ4n) is 2.69. The number of rotatable bonds is 5. The molecule has 3 aromatic rings. The van der Waals surface area contributed by atoms with Crippen molar-refractivity contribution in [1.29, 1.82) is 0 Å². The fourth-order valence-corrected chi connectivity index (χ4v) is 3.77. The molecule has 3 rings (SSSR count). The van der Waals surface area contributed by atoms with Crippen molar-refractivity contribution in [3.63, 3.8) is 0 Å². The molecule has 156 valence electrons. The number of benzene rings is 1. The van der Waals surface area contributed by atoms with Crippen LogP contribution in [-0.2, 0) is 15.7 Å². The Bertz CT molecular complexity index is 1120. The SMILES string of the molecule is CCOC(=O)C=Cc1ccc(NC(=O)c2sc3nc(C(F)(F)F)ccc3c2C)cc1. The maximum Gasteiger partial charge on any atom is 0.433 e. The molecular formula is C21H17F3N2O3S. The Labute approximate surface area is 174 Å². The number of aryl methyl sites for hydroxylation is 1. The van der Waals surface area contributed by atoms with Crippen molar-refractivity contribution in [3.8, 4) is 0 Å². The Morgan fingerprint density at radius 3 is 2.50 bits per heavy atom. The minimum atomic E-state index is -4.54. The molecule has 9 heteroatoms. The summed E-state index contributed by atoms with van der Waals surface area (Å²) in [7, 11) is 0. The molecule has 1 aromatic carbocycles. The minimum absolute atomic E-state index is 0.159. The zero-order valence-electron chi connectivity index (χ0n) is 16.0. The smallest absolute Gasteiger partial charge is 0.433 e. The molecule has 0 saturated heterocycles. The highest BCUT2D eigenvalue weighted by molar-refractivity contribution is 7.20. The number of amides is 1. The largest absolute Gasteiger partial charge is 0.463 e. The Kier molecular flexibility index (Phi) is 6.21. The monoisotopic (exact) mass is 434 g/mol. The number of thiophene rings is 1. The number of carbonyl (C=O) groups excluding carboxylic acids is 2. The lowest BCUT2D eigenvalue weighted by Gasteiger charge is -2.05. The van der Waals surface area contributed by atoms with E-state index in [4.69, 9.17) is 4.74 Å². The zero-order chi connectivity index (χ0) is 21.9. The first-order valence-corrected chi connectivity index (χ1v) is 9.74. The Morgan fingerprint density at radius 1 is 1.17 bits per heavy atom. The molecule has 0 bridgehead atoms. The number of hydrogen-bond acceptors (Lipinski definition) is 5. The van der Waals surface area contributed by atoms with Crippen molar-refractivity contribution < 1.29 is 27.5 Å². The average molecular weight is 434 g/mol. The molecule has 0 fully saturated rings. The Hall–Kier alpha value is -3.20. The van der Waals surface area contributed by atoms with Gasteiger partial charge in [-0.3, -0.25) is 4.79 Å². The van der Waals surface area contributed by atoms with Crippen LogP contribution < -0.4 is 5.32 Å². The van der Waals surface area contributed by atoms with Gasteiger partial charge in [-0.2, -0.15) is 13.2 Å². The normalized spacial score (nSPS) is 11.8. The summed E-state index contributed by atoms with van der Waals surface area (Å²) >= 11 is 0.915. The number of carbonyl (C=O) groups is 2. The van der Waals surface area contributed by atoms with Gasteiger partial charge in [0.1, 0.15) is 10.5 Å². The molecule has 1 N–H and O–H groups in total. The van der Waals surface area contributed by atoms with E-state index in [1.54, 1.807) is 44.2 Å². The van der Waals surface area contributed by atoms with Crippen LogP contribution >= 0.6 is 11.3 Å². The van der Waals surface area contributed by atoms with Gasteiger partial charge in [-0.1, -0.05) is 12.1 Å². The first-order chi connectivity index (χ1) is 14.2. The second-order valence-corrected chi connectivity index (χ2v) is 7.26. The van der Waals surface area contributed by atoms with Crippen molar-refractivity contribution in [3.05, 3.63) is 64.2 Å². The maximum absolute atomic E-state index is 12.9. The van der Waals surface area contributed by atoms with E-state index in [0.717, 1.165) is 23.0 Å². The van der Waals surface area contributed by atoms with Gasteiger partial charge in [-0.25, -0.2) is 9.78 Å². The second-order valence-electron chi connectivity index (χ2n) is 6.26. The van der Waals surface area contributed by atoms with E-state index < -0.39 is 23.7 Å². The molecule has 2 aromatic heterocycles. The molecular weight excluding hydrogens is 417 g/mol. The van der Waals surface area contributed by atoms with Crippen LogP contribution in [0.25, 0.3) is 16.3 Å². The van der Waals surface area contributed by atoms with E-state index in [1.165, 1.54) is 12.1 Å². The highest BCUT2D eigenvalue weighted by Crippen LogP contribution is 2.34. The van der Waals surface area contributed by atoms with Gasteiger partial charge < -0.3 is 10.1 Å². The van der Waals surface area contributed by atoms with Crippen molar-refractivity contribution in [1.82, 2.24) is 4.98 Å². The molecule has 0 unspecified atom stereocenters. The van der Waals surface area contributed by atoms with Crippen LogP contribution in [-0.4, -0.2) is 23.5 Å². The quantitative estimate of drug-likeness (QED) is 0.428. The summed E-state index contributed by atoms with van der Waals surface area (Å²) < 4.78 is 43.4. The lowest BCUT2D eigenvalue weighted by molar-refractivity contribution is -0.141. The third kappa shape index (κ3) is 4.85. The van der Waals surface area contributed by atoms with Crippen LogP contribution in [0, 0.1) is 6.92 Å². The van der Waals surface area contributed by atoms with E-state index >= 15 is 0 Å². The molecule has 2 heterocycles. The predicted molar refractivity (Wildman–Crippen MR) is 109 cm³/mol. The number of pyridine rings is 1. The van der Waals surface area contributed by atoms with Gasteiger partial charge in [0.2, 0.25) is 0 Å². The molecule has 0 saturated carbocycles. The van der Waals surface area contributed by atoms with Gasteiger partial charge in [0, 0.05) is 17.1 Å². The van der Waals surface area contributed by atoms with Crippen molar-refractivity contribution in [2.24, 2.45) is 0 Å². The summed E-state index contributed by atoms with van der Waals surface area (Å²) in [6.07, 6.45) is -1.65. The van der Waals surface area contributed by atoms with Crippen LogP contribution in [0.4, 0.5) is 18.9 Å². The third-order valence-corrected chi connectivity index (χ3v) is 5.37. The lowest BCUT2D eigenvalue weighted by atomic mass is 10.1. The van der Waals surface area contributed by atoms with Gasteiger partial charge >= 0.3 is 12.1 Å². The van der Waals surface area contributed by atoms with Gasteiger partial charge in [0.05, 0.1) is 11.5 Å². The Balaban J connectivity index is 1.76. The molecule has 0 radical (unpaired) electrons. The number of ether oxygens (including phenoxy) is 1. The number of anilines is 1.